The number of carbonyl (C=O) groups is 1. The molecule has 0 saturated carbocycles. The van der Waals surface area contributed by atoms with Crippen molar-refractivity contribution < 1.29 is 23.7 Å². The van der Waals surface area contributed by atoms with Gasteiger partial charge in [0.15, 0.2) is 0 Å². The van der Waals surface area contributed by atoms with E-state index in [1.54, 1.807) is 25.3 Å². The largest absolute Gasteiger partial charge is 0.497 e. The molecule has 6 heteroatoms. The van der Waals surface area contributed by atoms with Crippen LogP contribution in [0.4, 0.5) is 0 Å². The number of hydrogen-bond donors (Lipinski definition) is 0. The summed E-state index contributed by atoms with van der Waals surface area (Å²) in [5, 5.41) is 0.793. The maximum Gasteiger partial charge on any atom is 0.338 e. The second-order valence-corrected chi connectivity index (χ2v) is 7.32. The Balaban J connectivity index is 2.28. The SMILES string of the molecule is C=C(\C=C(/C=C(C)/C=C(/C(=O)OC)c1ccc(Oc2ccc(CBr)cc2)cc1)OC)OC. The molecule has 0 spiro atoms. The van der Waals surface area contributed by atoms with Gasteiger partial charge in [0.2, 0.25) is 0 Å². The number of carbonyl (C=O) groups excluding carboxylic acids is 1. The molecule has 0 amide bonds. The number of methoxy groups -OCH3 is 3. The summed E-state index contributed by atoms with van der Waals surface area (Å²) in [5.74, 6) is 1.96. The Morgan fingerprint density at radius 3 is 1.97 bits per heavy atom. The molecular formula is C26H27BrO5. The van der Waals surface area contributed by atoms with E-state index in [1.165, 1.54) is 19.8 Å². The first-order chi connectivity index (χ1) is 15.4. The molecule has 0 radical (unpaired) electrons. The molecule has 2 rings (SSSR count). The van der Waals surface area contributed by atoms with Gasteiger partial charge in [-0.3, -0.25) is 0 Å². The summed E-state index contributed by atoms with van der Waals surface area (Å²) in [6, 6.07) is 15.1. The van der Waals surface area contributed by atoms with Crippen LogP contribution in [0.5, 0.6) is 11.5 Å². The summed E-state index contributed by atoms with van der Waals surface area (Å²) < 4.78 is 21.3. The smallest absolute Gasteiger partial charge is 0.338 e. The third-order valence-corrected chi connectivity index (χ3v) is 5.07. The molecule has 0 saturated heterocycles. The number of benzene rings is 2. The minimum absolute atomic E-state index is 0.412. The van der Waals surface area contributed by atoms with Gasteiger partial charge < -0.3 is 18.9 Å². The van der Waals surface area contributed by atoms with E-state index in [4.69, 9.17) is 18.9 Å². The van der Waals surface area contributed by atoms with E-state index in [9.17, 15) is 4.79 Å². The van der Waals surface area contributed by atoms with Crippen LogP contribution in [0.25, 0.3) is 5.57 Å². The zero-order chi connectivity index (χ0) is 23.5. The summed E-state index contributed by atoms with van der Waals surface area (Å²) in [6.45, 7) is 5.61. The lowest BCUT2D eigenvalue weighted by molar-refractivity contribution is -0.133. The van der Waals surface area contributed by atoms with Gasteiger partial charge in [0.1, 0.15) is 23.0 Å². The van der Waals surface area contributed by atoms with Crippen molar-refractivity contribution >= 4 is 27.5 Å². The third kappa shape index (κ3) is 7.46. The number of rotatable bonds is 10. The topological polar surface area (TPSA) is 54.0 Å². The molecule has 0 aliphatic carbocycles. The number of alkyl halides is 1. The summed E-state index contributed by atoms with van der Waals surface area (Å²) >= 11 is 3.43. The summed E-state index contributed by atoms with van der Waals surface area (Å²) in [5.41, 5.74) is 3.07. The van der Waals surface area contributed by atoms with Gasteiger partial charge in [0.05, 0.1) is 26.9 Å². The van der Waals surface area contributed by atoms with Gasteiger partial charge in [-0.1, -0.05) is 46.8 Å². The van der Waals surface area contributed by atoms with E-state index in [-0.39, 0.29) is 0 Å². The Kier molecular flexibility index (Phi) is 9.82. The first kappa shape index (κ1) is 25.0. The highest BCUT2D eigenvalue weighted by molar-refractivity contribution is 9.08. The number of hydrogen-bond acceptors (Lipinski definition) is 5. The third-order valence-electron chi connectivity index (χ3n) is 4.43. The predicted molar refractivity (Wildman–Crippen MR) is 131 cm³/mol. The van der Waals surface area contributed by atoms with Crippen molar-refractivity contribution in [2.45, 2.75) is 12.3 Å². The summed E-state index contributed by atoms with van der Waals surface area (Å²) in [7, 11) is 4.44. The van der Waals surface area contributed by atoms with E-state index in [0.29, 0.717) is 28.4 Å². The van der Waals surface area contributed by atoms with Crippen LogP contribution in [0.2, 0.25) is 0 Å². The Morgan fingerprint density at radius 1 is 0.875 bits per heavy atom. The van der Waals surface area contributed by atoms with E-state index in [2.05, 4.69) is 22.5 Å². The van der Waals surface area contributed by atoms with Crippen LogP contribution in [-0.4, -0.2) is 27.3 Å². The summed E-state index contributed by atoms with van der Waals surface area (Å²) in [4.78, 5) is 12.4. The zero-order valence-corrected chi connectivity index (χ0v) is 20.3. The van der Waals surface area contributed by atoms with Gasteiger partial charge in [-0.05, 0) is 60.0 Å². The molecule has 168 valence electrons. The molecule has 0 aromatic heterocycles. The Labute approximate surface area is 197 Å². The molecule has 0 fully saturated rings. The van der Waals surface area contributed by atoms with Crippen molar-refractivity contribution in [2.24, 2.45) is 0 Å². The quantitative estimate of drug-likeness (QED) is 0.122. The van der Waals surface area contributed by atoms with Crippen LogP contribution in [0.15, 0.2) is 90.4 Å². The average molecular weight is 499 g/mol. The van der Waals surface area contributed by atoms with Crippen LogP contribution < -0.4 is 4.74 Å². The van der Waals surface area contributed by atoms with Gasteiger partial charge in [0, 0.05) is 11.4 Å². The molecule has 0 atom stereocenters. The second kappa shape index (κ2) is 12.6. The van der Waals surface area contributed by atoms with Crippen LogP contribution >= 0.6 is 15.9 Å². The maximum absolute atomic E-state index is 12.4. The molecule has 5 nitrogen and oxygen atoms in total. The standard InChI is InChI=1S/C26H27BrO5/c1-18(14-24(30-4)16-19(2)29-3)15-25(26(28)31-5)21-8-12-23(13-9-21)32-22-10-6-20(17-27)7-11-22/h6-16H,2,17H2,1,3-5H3/b18-14+,24-16+,25-15+. The molecule has 0 aliphatic rings. The van der Waals surface area contributed by atoms with E-state index in [1.807, 2.05) is 55.5 Å². The lowest BCUT2D eigenvalue weighted by Gasteiger charge is -2.10. The molecule has 0 bridgehead atoms. The molecular weight excluding hydrogens is 472 g/mol. The lowest BCUT2D eigenvalue weighted by atomic mass is 10.0. The monoisotopic (exact) mass is 498 g/mol. The molecule has 0 heterocycles. The van der Waals surface area contributed by atoms with Crippen molar-refractivity contribution in [1.82, 2.24) is 0 Å². The Hall–Kier alpha value is -3.25. The van der Waals surface area contributed by atoms with Crippen molar-refractivity contribution in [2.75, 3.05) is 21.3 Å². The molecule has 32 heavy (non-hydrogen) atoms. The fraction of sp³-hybridized carbons (Fsp3) is 0.192. The zero-order valence-electron chi connectivity index (χ0n) is 18.7. The number of ether oxygens (including phenoxy) is 4. The van der Waals surface area contributed by atoms with Crippen molar-refractivity contribution in [3.63, 3.8) is 0 Å². The lowest BCUT2D eigenvalue weighted by Crippen LogP contribution is -2.04. The Morgan fingerprint density at radius 2 is 1.47 bits per heavy atom. The maximum atomic E-state index is 12.4. The number of esters is 1. The first-order valence-electron chi connectivity index (χ1n) is 9.80. The molecule has 0 N–H and O–H groups in total. The van der Waals surface area contributed by atoms with E-state index >= 15 is 0 Å². The first-order valence-corrected chi connectivity index (χ1v) is 10.9. The fourth-order valence-corrected chi connectivity index (χ4v) is 3.10. The molecule has 2 aromatic carbocycles. The highest BCUT2D eigenvalue weighted by atomic mass is 79.9. The van der Waals surface area contributed by atoms with Crippen molar-refractivity contribution in [3.8, 4) is 11.5 Å². The molecule has 2 aromatic rings. The van der Waals surface area contributed by atoms with Gasteiger partial charge in [-0.15, -0.1) is 0 Å². The van der Waals surface area contributed by atoms with Crippen molar-refractivity contribution in [3.05, 3.63) is 102 Å². The van der Waals surface area contributed by atoms with Gasteiger partial charge >= 0.3 is 5.97 Å². The van der Waals surface area contributed by atoms with E-state index < -0.39 is 5.97 Å². The minimum Gasteiger partial charge on any atom is -0.497 e. The van der Waals surface area contributed by atoms with E-state index in [0.717, 1.165) is 16.7 Å². The van der Waals surface area contributed by atoms with Gasteiger partial charge in [-0.2, -0.15) is 0 Å². The number of allylic oxidation sites excluding steroid dienone is 4. The van der Waals surface area contributed by atoms with Gasteiger partial charge in [-0.25, -0.2) is 4.79 Å². The highest BCUT2D eigenvalue weighted by Crippen LogP contribution is 2.26. The fourth-order valence-electron chi connectivity index (χ4n) is 2.73. The molecule has 0 unspecified atom stereocenters. The van der Waals surface area contributed by atoms with Gasteiger partial charge in [0.25, 0.3) is 0 Å². The van der Waals surface area contributed by atoms with Crippen LogP contribution in [0, 0.1) is 0 Å². The Bertz CT molecular complexity index is 1020. The second-order valence-electron chi connectivity index (χ2n) is 6.76. The average Bonchev–Trinajstić information content (AvgIpc) is 2.82. The highest BCUT2D eigenvalue weighted by Gasteiger charge is 2.13. The molecule has 0 aliphatic heterocycles. The van der Waals surface area contributed by atoms with Crippen LogP contribution in [0.1, 0.15) is 18.1 Å². The normalized spacial score (nSPS) is 12.2. The van der Waals surface area contributed by atoms with Crippen LogP contribution in [-0.2, 0) is 24.3 Å². The van der Waals surface area contributed by atoms with Crippen LogP contribution in [0.3, 0.4) is 0 Å². The minimum atomic E-state index is -0.443. The number of halogens is 1. The summed E-state index contributed by atoms with van der Waals surface area (Å²) in [6.07, 6.45) is 5.18. The van der Waals surface area contributed by atoms with Crippen molar-refractivity contribution in [1.29, 1.82) is 0 Å². The predicted octanol–water partition coefficient (Wildman–Crippen LogP) is 6.57.